The number of rotatable bonds is 4. The molecule has 19 heavy (non-hydrogen) atoms. The number of hydrogen-bond acceptors (Lipinski definition) is 3. The lowest BCUT2D eigenvalue weighted by molar-refractivity contribution is 0.688. The van der Waals surface area contributed by atoms with Crippen LogP contribution in [-0.2, 0) is 6.54 Å². The smallest absolute Gasteiger partial charge is 0.217 e. The van der Waals surface area contributed by atoms with Crippen molar-refractivity contribution in [3.63, 3.8) is 0 Å². The predicted octanol–water partition coefficient (Wildman–Crippen LogP) is 2.65. The van der Waals surface area contributed by atoms with Gasteiger partial charge in [-0.2, -0.15) is 5.26 Å². The summed E-state index contributed by atoms with van der Waals surface area (Å²) >= 11 is 6.29. The van der Waals surface area contributed by atoms with E-state index >= 15 is 0 Å². The Morgan fingerprint density at radius 2 is 2.32 bits per heavy atom. The van der Waals surface area contributed by atoms with E-state index in [9.17, 15) is 0 Å². The Bertz CT molecular complexity index is 637. The van der Waals surface area contributed by atoms with Gasteiger partial charge < -0.3 is 5.32 Å². The van der Waals surface area contributed by atoms with Crippen LogP contribution in [0.3, 0.4) is 0 Å². The zero-order valence-electron chi connectivity index (χ0n) is 10.3. The van der Waals surface area contributed by atoms with E-state index in [0.29, 0.717) is 16.9 Å². The van der Waals surface area contributed by atoms with E-state index in [1.807, 2.05) is 24.3 Å². The predicted molar refractivity (Wildman–Crippen MR) is 73.2 cm³/mol. The molecular weight excluding hydrogens is 260 g/mol. The molecule has 1 aromatic carbocycles. The third-order valence-electron chi connectivity index (χ3n) is 3.18. The van der Waals surface area contributed by atoms with Gasteiger partial charge in [-0.05, 0) is 30.5 Å². The second-order valence-electron chi connectivity index (χ2n) is 4.67. The Hall–Kier alpha value is -1.83. The highest BCUT2D eigenvalue weighted by Crippen LogP contribution is 2.24. The van der Waals surface area contributed by atoms with E-state index in [0.717, 1.165) is 17.8 Å². The second kappa shape index (κ2) is 5.04. The van der Waals surface area contributed by atoms with Crippen LogP contribution in [0.5, 0.6) is 0 Å². The molecule has 1 aromatic heterocycles. The Morgan fingerprint density at radius 3 is 3.00 bits per heavy atom. The Morgan fingerprint density at radius 1 is 1.47 bits per heavy atom. The number of nitriles is 1. The van der Waals surface area contributed by atoms with Gasteiger partial charge in [-0.1, -0.05) is 17.7 Å². The molecule has 1 fully saturated rings. The SMILES string of the molecule is N#Cc1nccn1-c1ccc(CNC2CC2)cc1Cl. The molecule has 0 amide bonds. The van der Waals surface area contributed by atoms with Gasteiger partial charge in [0.15, 0.2) is 0 Å². The minimum absolute atomic E-state index is 0.339. The number of aromatic nitrogens is 2. The fraction of sp³-hybridized carbons (Fsp3) is 0.286. The van der Waals surface area contributed by atoms with Crippen LogP contribution in [-0.4, -0.2) is 15.6 Å². The molecular formula is C14H13ClN4. The molecule has 0 radical (unpaired) electrons. The van der Waals surface area contributed by atoms with Crippen molar-refractivity contribution >= 4 is 11.6 Å². The summed E-state index contributed by atoms with van der Waals surface area (Å²) in [6, 6.07) is 8.61. The highest BCUT2D eigenvalue weighted by molar-refractivity contribution is 6.32. The van der Waals surface area contributed by atoms with Gasteiger partial charge in [0.25, 0.3) is 0 Å². The molecule has 1 aliphatic rings. The number of benzene rings is 1. The molecule has 1 saturated carbocycles. The molecule has 0 spiro atoms. The average Bonchev–Trinajstić information content (AvgIpc) is 3.13. The topological polar surface area (TPSA) is 53.6 Å². The molecule has 1 aliphatic carbocycles. The normalized spacial score (nSPS) is 14.3. The first-order chi connectivity index (χ1) is 9.28. The van der Waals surface area contributed by atoms with E-state index in [1.165, 1.54) is 12.8 Å². The molecule has 96 valence electrons. The van der Waals surface area contributed by atoms with Crippen molar-refractivity contribution in [2.45, 2.75) is 25.4 Å². The van der Waals surface area contributed by atoms with Crippen molar-refractivity contribution in [1.29, 1.82) is 5.26 Å². The molecule has 5 heteroatoms. The second-order valence-corrected chi connectivity index (χ2v) is 5.08. The van der Waals surface area contributed by atoms with Gasteiger partial charge in [-0.25, -0.2) is 4.98 Å². The van der Waals surface area contributed by atoms with Crippen LogP contribution in [0.15, 0.2) is 30.6 Å². The number of imidazole rings is 1. The highest BCUT2D eigenvalue weighted by Gasteiger charge is 2.20. The van der Waals surface area contributed by atoms with Gasteiger partial charge in [0.05, 0.1) is 10.7 Å². The van der Waals surface area contributed by atoms with E-state index in [1.54, 1.807) is 17.0 Å². The summed E-state index contributed by atoms with van der Waals surface area (Å²) in [6.07, 6.45) is 5.87. The van der Waals surface area contributed by atoms with Crippen molar-refractivity contribution in [1.82, 2.24) is 14.9 Å². The summed E-state index contributed by atoms with van der Waals surface area (Å²) in [5.74, 6) is 0.339. The molecule has 2 aromatic rings. The Kier molecular flexibility index (Phi) is 3.24. The maximum atomic E-state index is 8.98. The Balaban J connectivity index is 1.84. The van der Waals surface area contributed by atoms with Crippen molar-refractivity contribution in [3.05, 3.63) is 47.0 Å². The van der Waals surface area contributed by atoms with Gasteiger partial charge in [-0.15, -0.1) is 0 Å². The molecule has 3 rings (SSSR count). The quantitative estimate of drug-likeness (QED) is 0.931. The van der Waals surface area contributed by atoms with E-state index in [2.05, 4.69) is 10.3 Å². The number of nitrogens with one attached hydrogen (secondary N) is 1. The monoisotopic (exact) mass is 272 g/mol. The fourth-order valence-electron chi connectivity index (χ4n) is 1.99. The van der Waals surface area contributed by atoms with Crippen LogP contribution >= 0.6 is 11.6 Å². The number of hydrogen-bond donors (Lipinski definition) is 1. The third kappa shape index (κ3) is 2.62. The van der Waals surface area contributed by atoms with Gasteiger partial charge in [0.2, 0.25) is 5.82 Å². The van der Waals surface area contributed by atoms with Crippen LogP contribution in [0, 0.1) is 11.3 Å². The van der Waals surface area contributed by atoms with Crippen LogP contribution in [0.1, 0.15) is 24.2 Å². The fourth-order valence-corrected chi connectivity index (χ4v) is 2.28. The van der Waals surface area contributed by atoms with E-state index < -0.39 is 0 Å². The van der Waals surface area contributed by atoms with Crippen LogP contribution < -0.4 is 5.32 Å². The van der Waals surface area contributed by atoms with Crippen LogP contribution in [0.4, 0.5) is 0 Å². The molecule has 0 unspecified atom stereocenters. The minimum atomic E-state index is 0.339. The average molecular weight is 273 g/mol. The van der Waals surface area contributed by atoms with Crippen molar-refractivity contribution in [2.24, 2.45) is 0 Å². The first-order valence-electron chi connectivity index (χ1n) is 6.23. The summed E-state index contributed by atoms with van der Waals surface area (Å²) in [7, 11) is 0. The summed E-state index contributed by atoms with van der Waals surface area (Å²) in [5.41, 5.74) is 1.94. The number of halogens is 1. The molecule has 1 heterocycles. The molecule has 1 N–H and O–H groups in total. The largest absolute Gasteiger partial charge is 0.310 e. The summed E-state index contributed by atoms with van der Waals surface area (Å²) < 4.78 is 1.69. The zero-order chi connectivity index (χ0) is 13.2. The van der Waals surface area contributed by atoms with Crippen molar-refractivity contribution in [3.8, 4) is 11.8 Å². The van der Waals surface area contributed by atoms with Crippen LogP contribution in [0.2, 0.25) is 5.02 Å². The lowest BCUT2D eigenvalue weighted by Crippen LogP contribution is -2.15. The minimum Gasteiger partial charge on any atom is -0.310 e. The van der Waals surface area contributed by atoms with Crippen molar-refractivity contribution < 1.29 is 0 Å². The molecule has 0 saturated heterocycles. The first-order valence-corrected chi connectivity index (χ1v) is 6.61. The summed E-state index contributed by atoms with van der Waals surface area (Å²) in [4.78, 5) is 3.97. The Labute approximate surface area is 116 Å². The summed E-state index contributed by atoms with van der Waals surface area (Å²) in [6.45, 7) is 0.833. The summed E-state index contributed by atoms with van der Waals surface area (Å²) in [5, 5.41) is 13.1. The van der Waals surface area contributed by atoms with Gasteiger partial charge >= 0.3 is 0 Å². The van der Waals surface area contributed by atoms with Gasteiger partial charge in [0, 0.05) is 25.0 Å². The molecule has 0 atom stereocenters. The molecule has 4 nitrogen and oxygen atoms in total. The standard InChI is InChI=1S/C14H13ClN4/c15-12-7-10(9-18-11-2-3-11)1-4-13(12)19-6-5-17-14(19)8-16/h1,4-7,11,18H,2-3,9H2. The number of nitrogens with zero attached hydrogens (tertiary/aromatic N) is 3. The lowest BCUT2D eigenvalue weighted by atomic mass is 10.2. The van der Waals surface area contributed by atoms with Gasteiger partial charge in [-0.3, -0.25) is 4.57 Å². The van der Waals surface area contributed by atoms with E-state index in [4.69, 9.17) is 16.9 Å². The molecule has 0 bridgehead atoms. The zero-order valence-corrected chi connectivity index (χ0v) is 11.1. The highest BCUT2D eigenvalue weighted by atomic mass is 35.5. The lowest BCUT2D eigenvalue weighted by Gasteiger charge is -2.09. The van der Waals surface area contributed by atoms with Crippen molar-refractivity contribution in [2.75, 3.05) is 0 Å². The van der Waals surface area contributed by atoms with E-state index in [-0.39, 0.29) is 0 Å². The maximum absolute atomic E-state index is 8.98. The maximum Gasteiger partial charge on any atom is 0.217 e. The third-order valence-corrected chi connectivity index (χ3v) is 3.49. The van der Waals surface area contributed by atoms with Crippen LogP contribution in [0.25, 0.3) is 5.69 Å². The molecule has 0 aliphatic heterocycles. The first kappa shape index (κ1) is 12.2. The van der Waals surface area contributed by atoms with Gasteiger partial charge in [0.1, 0.15) is 6.07 Å².